The van der Waals surface area contributed by atoms with E-state index in [9.17, 15) is 13.9 Å². The fraction of sp³-hybridized carbons (Fsp3) is 0.381. The first-order valence-electron chi connectivity index (χ1n) is 9.43. The summed E-state index contributed by atoms with van der Waals surface area (Å²) in [6.07, 6.45) is 0. The molecule has 1 aliphatic rings. The van der Waals surface area contributed by atoms with Gasteiger partial charge in [0, 0.05) is 39.8 Å². The number of para-hydroxylation sites is 2. The Bertz CT molecular complexity index is 835. The molecule has 7 heteroatoms. The number of hydrogen-bond acceptors (Lipinski definition) is 3. The first kappa shape index (κ1) is 19.9. The number of aliphatic imine (C=N–C) groups is 1. The smallest absolute Gasteiger partial charge is 0.193 e. The lowest BCUT2D eigenvalue weighted by Crippen LogP contribution is -2.53. The fourth-order valence-electron chi connectivity index (χ4n) is 3.40. The Morgan fingerprint density at radius 3 is 2.46 bits per heavy atom. The second-order valence-electron chi connectivity index (χ2n) is 6.97. The van der Waals surface area contributed by atoms with Crippen molar-refractivity contribution in [1.82, 2.24) is 10.2 Å². The van der Waals surface area contributed by atoms with Gasteiger partial charge >= 0.3 is 0 Å². The fourth-order valence-corrected chi connectivity index (χ4v) is 3.40. The van der Waals surface area contributed by atoms with Crippen LogP contribution in [0.5, 0.6) is 5.75 Å². The summed E-state index contributed by atoms with van der Waals surface area (Å²) in [6.45, 7) is 5.62. The van der Waals surface area contributed by atoms with Gasteiger partial charge in [-0.15, -0.1) is 0 Å². The molecule has 5 nitrogen and oxygen atoms in total. The minimum absolute atomic E-state index is 0.00871. The van der Waals surface area contributed by atoms with Gasteiger partial charge in [-0.3, -0.25) is 4.99 Å². The van der Waals surface area contributed by atoms with Crippen molar-refractivity contribution < 1.29 is 13.9 Å². The number of nitrogens with zero attached hydrogens (tertiary/aromatic N) is 3. The first-order chi connectivity index (χ1) is 13.5. The summed E-state index contributed by atoms with van der Waals surface area (Å²) in [5.41, 5.74) is 1.59. The van der Waals surface area contributed by atoms with Crippen LogP contribution in [0.1, 0.15) is 18.4 Å². The third-order valence-electron chi connectivity index (χ3n) is 5.09. The molecule has 0 radical (unpaired) electrons. The van der Waals surface area contributed by atoms with Crippen molar-refractivity contribution in [3.05, 3.63) is 59.7 Å². The molecule has 0 saturated carbocycles. The highest BCUT2D eigenvalue weighted by atomic mass is 19.2. The number of guanidine groups is 1. The molecule has 0 spiro atoms. The molecule has 28 heavy (non-hydrogen) atoms. The van der Waals surface area contributed by atoms with Gasteiger partial charge in [0.2, 0.25) is 0 Å². The van der Waals surface area contributed by atoms with E-state index in [0.717, 1.165) is 49.5 Å². The van der Waals surface area contributed by atoms with Crippen LogP contribution in [0, 0.1) is 11.6 Å². The Kier molecular flexibility index (Phi) is 6.34. The van der Waals surface area contributed by atoms with Gasteiger partial charge in [0.25, 0.3) is 0 Å². The molecule has 1 heterocycles. The molecule has 2 N–H and O–H groups in total. The van der Waals surface area contributed by atoms with E-state index in [1.54, 1.807) is 19.2 Å². The van der Waals surface area contributed by atoms with Crippen LogP contribution in [-0.2, 0) is 0 Å². The second kappa shape index (κ2) is 8.91. The van der Waals surface area contributed by atoms with Crippen LogP contribution in [0.3, 0.4) is 0 Å². The maximum atomic E-state index is 13.5. The molecule has 0 bridgehead atoms. The van der Waals surface area contributed by atoms with Crippen molar-refractivity contribution in [2.75, 3.05) is 44.7 Å². The van der Waals surface area contributed by atoms with E-state index >= 15 is 0 Å². The number of anilines is 1. The van der Waals surface area contributed by atoms with Gasteiger partial charge in [0.15, 0.2) is 17.6 Å². The zero-order valence-corrected chi connectivity index (χ0v) is 16.2. The lowest BCUT2D eigenvalue weighted by atomic mass is 10.0. The summed E-state index contributed by atoms with van der Waals surface area (Å²) in [4.78, 5) is 8.67. The van der Waals surface area contributed by atoms with Crippen molar-refractivity contribution in [1.29, 1.82) is 0 Å². The Morgan fingerprint density at radius 2 is 1.82 bits per heavy atom. The number of aromatic hydroxyl groups is 1. The van der Waals surface area contributed by atoms with Crippen molar-refractivity contribution in [2.45, 2.75) is 12.8 Å². The number of hydrogen-bond donors (Lipinski definition) is 2. The lowest BCUT2D eigenvalue weighted by molar-refractivity contribution is 0.369. The third kappa shape index (κ3) is 4.52. The molecule has 1 fully saturated rings. The van der Waals surface area contributed by atoms with Crippen molar-refractivity contribution in [3.63, 3.8) is 0 Å². The molecule has 0 aromatic heterocycles. The lowest BCUT2D eigenvalue weighted by Gasteiger charge is -2.38. The van der Waals surface area contributed by atoms with Gasteiger partial charge in [-0.2, -0.15) is 0 Å². The molecular formula is C21H26F2N4O. The molecule has 0 amide bonds. The van der Waals surface area contributed by atoms with Crippen LogP contribution in [0.2, 0.25) is 0 Å². The van der Waals surface area contributed by atoms with Crippen LogP contribution < -0.4 is 10.2 Å². The Morgan fingerprint density at radius 1 is 1.11 bits per heavy atom. The number of piperazine rings is 1. The quantitative estimate of drug-likeness (QED) is 0.624. The zero-order valence-electron chi connectivity index (χ0n) is 16.2. The van der Waals surface area contributed by atoms with Gasteiger partial charge in [-0.1, -0.05) is 25.1 Å². The predicted molar refractivity (Wildman–Crippen MR) is 108 cm³/mol. The summed E-state index contributed by atoms with van der Waals surface area (Å²) in [7, 11) is 1.74. The number of phenols is 1. The van der Waals surface area contributed by atoms with E-state index in [1.165, 1.54) is 6.07 Å². The molecule has 2 aromatic carbocycles. The summed E-state index contributed by atoms with van der Waals surface area (Å²) in [5.74, 6) is -0.573. The molecule has 0 aliphatic carbocycles. The maximum absolute atomic E-state index is 13.5. The number of rotatable bonds is 4. The van der Waals surface area contributed by atoms with Crippen molar-refractivity contribution in [2.24, 2.45) is 4.99 Å². The number of nitrogens with one attached hydrogen (secondary N) is 1. The van der Waals surface area contributed by atoms with E-state index < -0.39 is 11.6 Å². The summed E-state index contributed by atoms with van der Waals surface area (Å²) in [6, 6.07) is 11.4. The highest BCUT2D eigenvalue weighted by Gasteiger charge is 2.21. The molecule has 2 aromatic rings. The number of phenolic OH excluding ortho intramolecular Hbond substituents is 1. The Labute approximate surface area is 164 Å². The molecule has 1 saturated heterocycles. The third-order valence-corrected chi connectivity index (χ3v) is 5.09. The topological polar surface area (TPSA) is 51.1 Å². The minimum Gasteiger partial charge on any atom is -0.506 e. The number of benzene rings is 2. The molecule has 3 rings (SSSR count). The van der Waals surface area contributed by atoms with E-state index in [4.69, 9.17) is 0 Å². The van der Waals surface area contributed by atoms with Gasteiger partial charge in [-0.25, -0.2) is 8.78 Å². The monoisotopic (exact) mass is 388 g/mol. The summed E-state index contributed by atoms with van der Waals surface area (Å²) >= 11 is 0. The first-order valence-corrected chi connectivity index (χ1v) is 9.43. The van der Waals surface area contributed by atoms with Gasteiger partial charge < -0.3 is 20.2 Å². The molecule has 1 atom stereocenters. The summed E-state index contributed by atoms with van der Waals surface area (Å²) < 4.78 is 26.6. The number of halogens is 2. The Balaban J connectivity index is 1.55. The highest BCUT2D eigenvalue weighted by molar-refractivity contribution is 5.80. The van der Waals surface area contributed by atoms with Crippen LogP contribution in [0.15, 0.2) is 47.5 Å². The van der Waals surface area contributed by atoms with E-state index in [0.29, 0.717) is 12.3 Å². The molecule has 1 aliphatic heterocycles. The van der Waals surface area contributed by atoms with Crippen LogP contribution in [0.4, 0.5) is 14.5 Å². The van der Waals surface area contributed by atoms with Gasteiger partial charge in [0.05, 0.1) is 5.69 Å². The average Bonchev–Trinajstić information content (AvgIpc) is 2.71. The zero-order chi connectivity index (χ0) is 20.1. The van der Waals surface area contributed by atoms with Gasteiger partial charge in [-0.05, 0) is 35.7 Å². The van der Waals surface area contributed by atoms with E-state index in [-0.39, 0.29) is 5.92 Å². The van der Waals surface area contributed by atoms with Crippen LogP contribution in [0.25, 0.3) is 0 Å². The highest BCUT2D eigenvalue weighted by Crippen LogP contribution is 2.27. The van der Waals surface area contributed by atoms with Crippen molar-refractivity contribution >= 4 is 11.6 Å². The minimum atomic E-state index is -0.831. The molecule has 1 unspecified atom stereocenters. The normalized spacial score (nSPS) is 16.2. The molecular weight excluding hydrogens is 362 g/mol. The maximum Gasteiger partial charge on any atom is 0.193 e. The van der Waals surface area contributed by atoms with Crippen LogP contribution in [-0.4, -0.2) is 55.7 Å². The van der Waals surface area contributed by atoms with Crippen molar-refractivity contribution in [3.8, 4) is 5.75 Å². The van der Waals surface area contributed by atoms with Crippen LogP contribution >= 0.6 is 0 Å². The predicted octanol–water partition coefficient (Wildman–Crippen LogP) is 3.17. The Hall–Kier alpha value is -2.83. The summed E-state index contributed by atoms with van der Waals surface area (Å²) in [5, 5.41) is 13.4. The second-order valence-corrected chi connectivity index (χ2v) is 6.97. The largest absolute Gasteiger partial charge is 0.506 e. The van der Waals surface area contributed by atoms with Gasteiger partial charge in [0.1, 0.15) is 5.75 Å². The van der Waals surface area contributed by atoms with E-state index in [1.807, 2.05) is 25.1 Å². The standard InChI is InChI=1S/C21H26F2N4O/c1-15(16-7-8-17(22)18(23)13-16)14-25-21(24-2)27-11-9-26(10-12-27)19-5-3-4-6-20(19)28/h3-8,13,15,28H,9-12,14H2,1-2H3,(H,24,25). The average molecular weight is 388 g/mol. The molecule has 150 valence electrons. The SMILES string of the molecule is CN=C(NCC(C)c1ccc(F)c(F)c1)N1CCN(c2ccccc2O)CC1. The van der Waals surface area contributed by atoms with E-state index in [2.05, 4.69) is 20.1 Å².